The van der Waals surface area contributed by atoms with Crippen LogP contribution in [0, 0.1) is 25.7 Å². The molecule has 0 saturated heterocycles. The molecule has 1 aromatic carbocycles. The van der Waals surface area contributed by atoms with E-state index in [1.54, 1.807) is 18.3 Å². The Morgan fingerprint density at radius 2 is 2.04 bits per heavy atom. The first-order valence-electron chi connectivity index (χ1n) is 9.11. The lowest BCUT2D eigenvalue weighted by atomic mass is 9.86. The van der Waals surface area contributed by atoms with Crippen molar-refractivity contribution in [3.63, 3.8) is 0 Å². The molecule has 4 heteroatoms. The van der Waals surface area contributed by atoms with Crippen molar-refractivity contribution in [2.24, 2.45) is 11.8 Å². The summed E-state index contributed by atoms with van der Waals surface area (Å²) in [4.78, 5) is 8.64. The fourth-order valence-corrected chi connectivity index (χ4v) is 4.08. The van der Waals surface area contributed by atoms with Gasteiger partial charge in [-0.3, -0.25) is 0 Å². The minimum Gasteiger partial charge on any atom is -0.489 e. The van der Waals surface area contributed by atoms with Gasteiger partial charge in [-0.2, -0.15) is 0 Å². The van der Waals surface area contributed by atoms with Gasteiger partial charge in [-0.1, -0.05) is 36.4 Å². The van der Waals surface area contributed by atoms with E-state index < -0.39 is 0 Å². The number of benzene rings is 1. The Morgan fingerprint density at radius 3 is 2.73 bits per heavy atom. The van der Waals surface area contributed by atoms with Crippen LogP contribution in [-0.2, 0) is 5.41 Å². The van der Waals surface area contributed by atoms with Crippen LogP contribution in [0.4, 0.5) is 4.39 Å². The quantitative estimate of drug-likeness (QED) is 0.772. The van der Waals surface area contributed by atoms with E-state index in [0.29, 0.717) is 18.4 Å². The SMILES string of the molecule is Cc1ncc(OC[C@@]2(c3ccccc3)C[C@@H]2C2C=CC(F)=CC2)c(C)n1. The van der Waals surface area contributed by atoms with Crippen LogP contribution in [0.3, 0.4) is 0 Å². The van der Waals surface area contributed by atoms with Crippen LogP contribution in [0.25, 0.3) is 0 Å². The maximum absolute atomic E-state index is 13.3. The van der Waals surface area contributed by atoms with E-state index in [1.807, 2.05) is 26.0 Å². The number of allylic oxidation sites excluding steroid dienone is 4. The topological polar surface area (TPSA) is 35.0 Å². The van der Waals surface area contributed by atoms with Gasteiger partial charge in [0.15, 0.2) is 5.75 Å². The lowest BCUT2D eigenvalue weighted by molar-refractivity contribution is 0.256. The van der Waals surface area contributed by atoms with Crippen LogP contribution in [-0.4, -0.2) is 16.6 Å². The van der Waals surface area contributed by atoms with Gasteiger partial charge < -0.3 is 4.74 Å². The molecule has 0 N–H and O–H groups in total. The van der Waals surface area contributed by atoms with E-state index in [1.165, 1.54) is 5.56 Å². The fourth-order valence-electron chi connectivity index (χ4n) is 4.08. The average Bonchev–Trinajstić information content (AvgIpc) is 3.38. The summed E-state index contributed by atoms with van der Waals surface area (Å²) in [5.74, 6) is 2.17. The predicted octanol–water partition coefficient (Wildman–Crippen LogP) is 4.86. The van der Waals surface area contributed by atoms with Gasteiger partial charge >= 0.3 is 0 Å². The number of aryl methyl sites for hydroxylation is 2. The van der Waals surface area contributed by atoms with Crippen molar-refractivity contribution in [3.05, 3.63) is 77.7 Å². The Hall–Kier alpha value is -2.49. The zero-order valence-corrected chi connectivity index (χ0v) is 15.2. The van der Waals surface area contributed by atoms with Crippen molar-refractivity contribution in [2.45, 2.75) is 32.1 Å². The lowest BCUT2D eigenvalue weighted by Crippen LogP contribution is -2.23. The molecular formula is C22H23FN2O. The molecular weight excluding hydrogens is 327 g/mol. The normalized spacial score (nSPS) is 27.1. The zero-order chi connectivity index (χ0) is 18.1. The summed E-state index contributed by atoms with van der Waals surface area (Å²) in [6.07, 6.45) is 8.87. The number of ether oxygens (including phenoxy) is 1. The van der Waals surface area contributed by atoms with Crippen LogP contribution in [0.1, 0.15) is 29.9 Å². The van der Waals surface area contributed by atoms with E-state index in [-0.39, 0.29) is 11.2 Å². The van der Waals surface area contributed by atoms with E-state index >= 15 is 0 Å². The maximum atomic E-state index is 13.3. The average molecular weight is 350 g/mol. The third-order valence-corrected chi connectivity index (χ3v) is 5.63. The third-order valence-electron chi connectivity index (χ3n) is 5.63. The number of hydrogen-bond acceptors (Lipinski definition) is 3. The van der Waals surface area contributed by atoms with Gasteiger partial charge in [-0.15, -0.1) is 0 Å². The molecule has 0 bridgehead atoms. The highest BCUT2D eigenvalue weighted by Crippen LogP contribution is 2.59. The molecule has 3 atom stereocenters. The molecule has 1 aromatic heterocycles. The van der Waals surface area contributed by atoms with Crippen LogP contribution in [0.15, 0.2) is 60.6 Å². The number of halogens is 1. The fraction of sp³-hybridized carbons (Fsp3) is 0.364. The Kier molecular flexibility index (Phi) is 4.35. The van der Waals surface area contributed by atoms with Crippen molar-refractivity contribution < 1.29 is 9.13 Å². The number of hydrogen-bond donors (Lipinski definition) is 0. The molecule has 3 nitrogen and oxygen atoms in total. The summed E-state index contributed by atoms with van der Waals surface area (Å²) in [7, 11) is 0. The van der Waals surface area contributed by atoms with Gasteiger partial charge in [-0.25, -0.2) is 14.4 Å². The minimum absolute atomic E-state index is 0.0325. The molecule has 26 heavy (non-hydrogen) atoms. The molecule has 4 rings (SSSR count). The first-order chi connectivity index (χ1) is 12.6. The molecule has 1 saturated carbocycles. The van der Waals surface area contributed by atoms with Crippen LogP contribution in [0.5, 0.6) is 5.75 Å². The maximum Gasteiger partial charge on any atom is 0.158 e. The Labute approximate surface area is 153 Å². The first-order valence-corrected chi connectivity index (χ1v) is 9.11. The smallest absolute Gasteiger partial charge is 0.158 e. The van der Waals surface area contributed by atoms with E-state index in [9.17, 15) is 4.39 Å². The van der Waals surface area contributed by atoms with Gasteiger partial charge in [0.1, 0.15) is 11.7 Å². The standard InChI is InChI=1S/C22H23FN2O/c1-15-21(13-24-16(2)25-15)26-14-22(18-6-4-3-5-7-18)12-20(22)17-8-10-19(23)11-9-17/h3-8,10-11,13,17,20H,9,12,14H2,1-2H3/t17?,20-,22-/m1/s1. The highest BCUT2D eigenvalue weighted by atomic mass is 19.1. The Morgan fingerprint density at radius 1 is 1.23 bits per heavy atom. The molecule has 1 fully saturated rings. The van der Waals surface area contributed by atoms with Crippen molar-refractivity contribution in [2.75, 3.05) is 6.61 Å². The van der Waals surface area contributed by atoms with Crippen molar-refractivity contribution in [1.82, 2.24) is 9.97 Å². The zero-order valence-electron chi connectivity index (χ0n) is 15.2. The number of rotatable bonds is 5. The second-order valence-corrected chi connectivity index (χ2v) is 7.34. The van der Waals surface area contributed by atoms with Crippen LogP contribution in [0.2, 0.25) is 0 Å². The van der Waals surface area contributed by atoms with Gasteiger partial charge in [0.25, 0.3) is 0 Å². The second kappa shape index (κ2) is 6.67. The summed E-state index contributed by atoms with van der Waals surface area (Å²) >= 11 is 0. The van der Waals surface area contributed by atoms with Crippen molar-refractivity contribution in [3.8, 4) is 5.75 Å². The summed E-state index contributed by atoms with van der Waals surface area (Å²) in [6, 6.07) is 10.5. The third kappa shape index (κ3) is 3.16. The number of aromatic nitrogens is 2. The molecule has 2 aliphatic carbocycles. The van der Waals surface area contributed by atoms with E-state index in [0.717, 1.165) is 30.1 Å². The highest BCUT2D eigenvalue weighted by molar-refractivity contribution is 5.37. The van der Waals surface area contributed by atoms with Gasteiger partial charge in [0.2, 0.25) is 0 Å². The van der Waals surface area contributed by atoms with Crippen LogP contribution >= 0.6 is 0 Å². The van der Waals surface area contributed by atoms with E-state index in [4.69, 9.17) is 4.74 Å². The largest absolute Gasteiger partial charge is 0.489 e. The molecule has 1 heterocycles. The van der Waals surface area contributed by atoms with Crippen molar-refractivity contribution >= 4 is 0 Å². The molecule has 0 amide bonds. The first kappa shape index (κ1) is 17.0. The summed E-state index contributed by atoms with van der Waals surface area (Å²) in [5.41, 5.74) is 2.12. The molecule has 0 radical (unpaired) electrons. The Bertz CT molecular complexity index is 862. The molecule has 1 unspecified atom stereocenters. The van der Waals surface area contributed by atoms with Crippen LogP contribution < -0.4 is 4.74 Å². The highest BCUT2D eigenvalue weighted by Gasteiger charge is 2.58. The summed E-state index contributed by atoms with van der Waals surface area (Å²) in [6.45, 7) is 4.41. The number of nitrogens with zero attached hydrogens (tertiary/aromatic N) is 2. The van der Waals surface area contributed by atoms with Gasteiger partial charge in [-0.05, 0) is 56.2 Å². The molecule has 2 aromatic rings. The predicted molar refractivity (Wildman–Crippen MR) is 99.7 cm³/mol. The van der Waals surface area contributed by atoms with Gasteiger partial charge in [0.05, 0.1) is 18.5 Å². The minimum atomic E-state index is -0.129. The van der Waals surface area contributed by atoms with Crippen molar-refractivity contribution in [1.29, 1.82) is 0 Å². The second-order valence-electron chi connectivity index (χ2n) is 7.34. The van der Waals surface area contributed by atoms with E-state index in [2.05, 4.69) is 34.2 Å². The summed E-state index contributed by atoms with van der Waals surface area (Å²) < 4.78 is 19.5. The molecule has 0 spiro atoms. The molecule has 2 aliphatic rings. The molecule has 0 aliphatic heterocycles. The monoisotopic (exact) mass is 350 g/mol. The summed E-state index contributed by atoms with van der Waals surface area (Å²) in [5, 5.41) is 0. The lowest BCUT2D eigenvalue weighted by Gasteiger charge is -2.23. The Balaban J connectivity index is 1.56. The molecule has 134 valence electrons. The van der Waals surface area contributed by atoms with Gasteiger partial charge in [0, 0.05) is 5.41 Å².